The number of anilines is 1. The molecule has 0 heterocycles. The van der Waals surface area contributed by atoms with Crippen molar-refractivity contribution in [3.63, 3.8) is 0 Å². The molecular weight excluding hydrogens is 445 g/mol. The number of nitrogens with two attached hydrogens (primary N) is 1. The molecule has 5 nitrogen and oxygen atoms in total. The average Bonchev–Trinajstić information content (AvgIpc) is 2.74. The van der Waals surface area contributed by atoms with Crippen LogP contribution < -0.4 is 15.8 Å². The molecule has 1 amide bonds. The lowest BCUT2D eigenvalue weighted by atomic mass is 10.1. The van der Waals surface area contributed by atoms with Crippen LogP contribution in [-0.4, -0.2) is 11.9 Å². The summed E-state index contributed by atoms with van der Waals surface area (Å²) >= 11 is 5.54. The molecule has 0 bridgehead atoms. The summed E-state index contributed by atoms with van der Waals surface area (Å²) in [6, 6.07) is 18.9. The molecular formula is C23H20ClF3N2O3. The third-order valence-corrected chi connectivity index (χ3v) is 4.24. The molecule has 0 saturated heterocycles. The molecule has 3 aromatic carbocycles. The zero-order chi connectivity index (χ0) is 23.7. The molecule has 3 rings (SSSR count). The van der Waals surface area contributed by atoms with Gasteiger partial charge in [-0.3, -0.25) is 9.59 Å². The topological polar surface area (TPSA) is 81.4 Å². The predicted molar refractivity (Wildman–Crippen MR) is 116 cm³/mol. The number of alkyl halides is 3. The van der Waals surface area contributed by atoms with E-state index in [1.165, 1.54) is 0 Å². The van der Waals surface area contributed by atoms with E-state index in [0.717, 1.165) is 35.7 Å². The van der Waals surface area contributed by atoms with Crippen molar-refractivity contribution in [3.05, 3.63) is 94.5 Å². The molecule has 168 valence electrons. The number of carbonyl (C=O) groups excluding carboxylic acids is 2. The van der Waals surface area contributed by atoms with Crippen LogP contribution in [0.15, 0.2) is 72.8 Å². The van der Waals surface area contributed by atoms with Crippen LogP contribution in [0.4, 0.5) is 18.9 Å². The van der Waals surface area contributed by atoms with Crippen molar-refractivity contribution in [3.8, 4) is 5.75 Å². The smallest absolute Gasteiger partial charge is 0.420 e. The van der Waals surface area contributed by atoms with Gasteiger partial charge in [0.15, 0.2) is 5.75 Å². The second-order valence-corrected chi connectivity index (χ2v) is 6.86. The van der Waals surface area contributed by atoms with E-state index in [-0.39, 0.29) is 0 Å². The third kappa shape index (κ3) is 7.40. The lowest BCUT2D eigenvalue weighted by molar-refractivity contribution is -0.141. The van der Waals surface area contributed by atoms with E-state index in [2.05, 4.69) is 10.1 Å². The fraction of sp³-hybridized carbons (Fsp3) is 0.130. The highest BCUT2D eigenvalue weighted by molar-refractivity contribution is 6.30. The number of nitrogens with one attached hydrogen (secondary N) is 1. The second-order valence-electron chi connectivity index (χ2n) is 6.42. The Kier molecular flexibility index (Phi) is 8.80. The van der Waals surface area contributed by atoms with Crippen LogP contribution in [0.1, 0.15) is 28.4 Å². The van der Waals surface area contributed by atoms with Crippen molar-refractivity contribution in [2.24, 2.45) is 5.73 Å². The summed E-state index contributed by atoms with van der Waals surface area (Å²) in [5, 5.41) is 3.26. The fourth-order valence-electron chi connectivity index (χ4n) is 2.53. The van der Waals surface area contributed by atoms with E-state index >= 15 is 0 Å². The number of rotatable bonds is 4. The van der Waals surface area contributed by atoms with E-state index in [1.807, 2.05) is 30.3 Å². The number of hydrogen-bond donors (Lipinski definition) is 2. The zero-order valence-electron chi connectivity index (χ0n) is 16.9. The van der Waals surface area contributed by atoms with Gasteiger partial charge in [0.25, 0.3) is 5.91 Å². The van der Waals surface area contributed by atoms with Gasteiger partial charge in [0.1, 0.15) is 0 Å². The van der Waals surface area contributed by atoms with E-state index < -0.39 is 34.9 Å². The van der Waals surface area contributed by atoms with Crippen LogP contribution in [0.5, 0.6) is 5.75 Å². The number of halogens is 4. The first-order valence-electron chi connectivity index (χ1n) is 9.31. The molecule has 9 heteroatoms. The summed E-state index contributed by atoms with van der Waals surface area (Å²) in [6.45, 7) is 1.28. The lowest BCUT2D eigenvalue weighted by Crippen LogP contribution is -2.18. The van der Waals surface area contributed by atoms with E-state index in [0.29, 0.717) is 12.2 Å². The average molecular weight is 465 g/mol. The van der Waals surface area contributed by atoms with Gasteiger partial charge in [0.05, 0.1) is 11.1 Å². The lowest BCUT2D eigenvalue weighted by Gasteiger charge is -2.15. The minimum Gasteiger partial charge on any atom is -0.425 e. The largest absolute Gasteiger partial charge is 0.425 e. The van der Waals surface area contributed by atoms with Crippen LogP contribution in [-0.2, 0) is 17.5 Å². The van der Waals surface area contributed by atoms with Crippen molar-refractivity contribution < 1.29 is 27.5 Å². The van der Waals surface area contributed by atoms with Gasteiger partial charge in [-0.15, -0.1) is 0 Å². The minimum atomic E-state index is -4.77. The molecule has 0 spiro atoms. The highest BCUT2D eigenvalue weighted by Gasteiger charge is 2.36. The van der Waals surface area contributed by atoms with Gasteiger partial charge in [-0.25, -0.2) is 0 Å². The molecule has 0 fully saturated rings. The van der Waals surface area contributed by atoms with Crippen molar-refractivity contribution in [1.82, 2.24) is 0 Å². The Balaban J connectivity index is 0.000000439. The van der Waals surface area contributed by atoms with Crippen molar-refractivity contribution in [2.45, 2.75) is 19.6 Å². The van der Waals surface area contributed by atoms with Crippen molar-refractivity contribution >= 4 is 29.2 Å². The number of para-hydroxylation sites is 1. The minimum absolute atomic E-state index is 0.318. The van der Waals surface area contributed by atoms with Crippen LogP contribution in [0.3, 0.4) is 0 Å². The first kappa shape index (κ1) is 24.9. The molecule has 3 aromatic rings. The summed E-state index contributed by atoms with van der Waals surface area (Å²) in [5.41, 5.74) is 5.08. The van der Waals surface area contributed by atoms with Gasteiger partial charge in [0.2, 0.25) is 0 Å². The maximum atomic E-state index is 13.1. The Morgan fingerprint density at radius 2 is 1.59 bits per heavy atom. The second kappa shape index (κ2) is 11.3. The molecule has 3 N–H and O–H groups in total. The Bertz CT molecular complexity index is 1060. The molecule has 0 aliphatic rings. The van der Waals surface area contributed by atoms with E-state index in [9.17, 15) is 22.8 Å². The van der Waals surface area contributed by atoms with E-state index in [1.54, 1.807) is 24.3 Å². The summed E-state index contributed by atoms with van der Waals surface area (Å²) in [4.78, 5) is 23.5. The molecule has 0 saturated carbocycles. The molecule has 0 radical (unpaired) electrons. The number of esters is 1. The van der Waals surface area contributed by atoms with Crippen LogP contribution in [0.25, 0.3) is 0 Å². The van der Waals surface area contributed by atoms with Gasteiger partial charge in [-0.05, 0) is 42.0 Å². The molecule has 32 heavy (non-hydrogen) atoms. The van der Waals surface area contributed by atoms with Gasteiger partial charge < -0.3 is 15.8 Å². The molecule has 0 aliphatic heterocycles. The van der Waals surface area contributed by atoms with Crippen LogP contribution in [0, 0.1) is 0 Å². The quantitative estimate of drug-likeness (QED) is 0.384. The monoisotopic (exact) mass is 464 g/mol. The van der Waals surface area contributed by atoms with E-state index in [4.69, 9.17) is 17.3 Å². The molecule has 0 aromatic heterocycles. The summed E-state index contributed by atoms with van der Waals surface area (Å²) in [5.74, 6) is -2.61. The van der Waals surface area contributed by atoms with Gasteiger partial charge in [-0.1, -0.05) is 48.0 Å². The highest BCUT2D eigenvalue weighted by Crippen LogP contribution is 2.38. The van der Waals surface area contributed by atoms with Crippen molar-refractivity contribution in [1.29, 1.82) is 0 Å². The first-order chi connectivity index (χ1) is 15.1. The van der Waals surface area contributed by atoms with Crippen molar-refractivity contribution in [2.75, 3.05) is 5.32 Å². The predicted octanol–water partition coefficient (Wildman–Crippen LogP) is 5.68. The maximum absolute atomic E-state index is 13.1. The Labute approximate surface area is 188 Å². The van der Waals surface area contributed by atoms with Gasteiger partial charge in [-0.2, -0.15) is 13.2 Å². The van der Waals surface area contributed by atoms with Gasteiger partial charge >= 0.3 is 12.1 Å². The fourth-order valence-corrected chi connectivity index (χ4v) is 2.68. The molecule has 0 unspecified atom stereocenters. The zero-order valence-corrected chi connectivity index (χ0v) is 17.7. The summed E-state index contributed by atoms with van der Waals surface area (Å²) in [7, 11) is 0. The highest BCUT2D eigenvalue weighted by atomic mass is 35.5. The number of benzene rings is 3. The normalized spacial score (nSPS) is 10.6. The maximum Gasteiger partial charge on any atom is 0.420 e. The Morgan fingerprint density at radius 1 is 0.969 bits per heavy atom. The standard InChI is InChI=1S/C17H15F3N2O3.C6H5Cl/c1-10(23)25-15-13(3-2-4-14(15)17(18,19)20)16(24)22-12-7-5-11(9-21)6-8-12;7-6-4-2-1-3-5-6/h2-8H,9,21H2,1H3,(H,22,24);1-5H. The summed E-state index contributed by atoms with van der Waals surface area (Å²) < 4.78 is 44.0. The summed E-state index contributed by atoms with van der Waals surface area (Å²) in [6.07, 6.45) is -4.77. The number of amides is 1. The number of ether oxygens (including phenoxy) is 1. The van der Waals surface area contributed by atoms with Crippen LogP contribution in [0.2, 0.25) is 5.02 Å². The first-order valence-corrected chi connectivity index (χ1v) is 9.69. The van der Waals surface area contributed by atoms with Crippen LogP contribution >= 0.6 is 11.6 Å². The SMILES string of the molecule is CC(=O)Oc1c(C(=O)Nc2ccc(CN)cc2)cccc1C(F)(F)F.Clc1ccccc1. The van der Waals surface area contributed by atoms with Gasteiger partial charge in [0, 0.05) is 24.2 Å². The number of hydrogen-bond acceptors (Lipinski definition) is 4. The Morgan fingerprint density at radius 3 is 2.06 bits per heavy atom. The molecule has 0 aliphatic carbocycles. The Hall–Kier alpha value is -3.36. The third-order valence-electron chi connectivity index (χ3n) is 3.99. The number of carbonyl (C=O) groups is 2. The molecule has 0 atom stereocenters.